The van der Waals surface area contributed by atoms with Crippen LogP contribution in [-0.2, 0) is 0 Å². The standard InChI is InChI=1S/C19H18ClN/c1-13-10-11-14-6-3-4-9-17(14)18(13)19(21-2)15-7-5-8-16(20)12-15/h3-12,19,21H,1-2H3. The fourth-order valence-electron chi connectivity index (χ4n) is 2.95. The molecule has 3 aromatic carbocycles. The summed E-state index contributed by atoms with van der Waals surface area (Å²) < 4.78 is 0. The fourth-order valence-corrected chi connectivity index (χ4v) is 3.15. The number of hydrogen-bond acceptors (Lipinski definition) is 1. The van der Waals surface area contributed by atoms with Crippen molar-refractivity contribution in [2.24, 2.45) is 0 Å². The number of halogens is 1. The van der Waals surface area contributed by atoms with E-state index >= 15 is 0 Å². The van der Waals surface area contributed by atoms with Gasteiger partial charge in [-0.1, -0.05) is 60.1 Å². The Bertz CT molecular complexity index is 779. The summed E-state index contributed by atoms with van der Waals surface area (Å²) in [6.07, 6.45) is 0. The first-order chi connectivity index (χ1) is 10.2. The van der Waals surface area contributed by atoms with Crippen LogP contribution >= 0.6 is 11.6 Å². The molecule has 0 aliphatic heterocycles. The average Bonchev–Trinajstić information content (AvgIpc) is 2.50. The first-order valence-electron chi connectivity index (χ1n) is 7.11. The highest BCUT2D eigenvalue weighted by Gasteiger charge is 2.17. The van der Waals surface area contributed by atoms with E-state index in [0.717, 1.165) is 5.02 Å². The molecular weight excluding hydrogens is 278 g/mol. The van der Waals surface area contributed by atoms with Crippen LogP contribution in [-0.4, -0.2) is 7.05 Å². The number of fused-ring (bicyclic) bond motifs is 1. The third-order valence-corrected chi connectivity index (χ3v) is 4.18. The molecule has 0 aliphatic rings. The molecule has 0 aromatic heterocycles. The third kappa shape index (κ3) is 2.67. The van der Waals surface area contributed by atoms with Gasteiger partial charge in [-0.05, 0) is 53.6 Å². The minimum absolute atomic E-state index is 0.134. The number of aryl methyl sites for hydroxylation is 1. The SMILES string of the molecule is CNC(c1cccc(Cl)c1)c1c(C)ccc2ccccc12. The molecule has 0 saturated carbocycles. The van der Waals surface area contributed by atoms with Gasteiger partial charge >= 0.3 is 0 Å². The molecule has 1 nitrogen and oxygen atoms in total. The highest BCUT2D eigenvalue weighted by atomic mass is 35.5. The minimum atomic E-state index is 0.134. The zero-order valence-electron chi connectivity index (χ0n) is 12.2. The summed E-state index contributed by atoms with van der Waals surface area (Å²) in [4.78, 5) is 0. The third-order valence-electron chi connectivity index (χ3n) is 3.95. The molecule has 0 heterocycles. The molecule has 21 heavy (non-hydrogen) atoms. The Kier molecular flexibility index (Phi) is 3.96. The van der Waals surface area contributed by atoms with Gasteiger partial charge in [-0.15, -0.1) is 0 Å². The molecule has 0 amide bonds. The van der Waals surface area contributed by atoms with Crippen molar-refractivity contribution in [1.82, 2.24) is 5.32 Å². The Morgan fingerprint density at radius 3 is 2.52 bits per heavy atom. The molecule has 3 aromatic rings. The molecule has 1 atom stereocenters. The van der Waals surface area contributed by atoms with Gasteiger partial charge in [0.25, 0.3) is 0 Å². The quantitative estimate of drug-likeness (QED) is 0.708. The van der Waals surface area contributed by atoms with E-state index in [1.165, 1.54) is 27.5 Å². The van der Waals surface area contributed by atoms with Gasteiger partial charge in [-0.2, -0.15) is 0 Å². The Hall–Kier alpha value is -1.83. The molecule has 106 valence electrons. The van der Waals surface area contributed by atoms with Gasteiger partial charge in [-0.3, -0.25) is 0 Å². The molecule has 2 heteroatoms. The topological polar surface area (TPSA) is 12.0 Å². The summed E-state index contributed by atoms with van der Waals surface area (Å²) in [6, 6.07) is 21.1. The van der Waals surface area contributed by atoms with Crippen LogP contribution in [0.1, 0.15) is 22.7 Å². The van der Waals surface area contributed by atoms with Gasteiger partial charge in [0, 0.05) is 5.02 Å². The lowest BCUT2D eigenvalue weighted by Crippen LogP contribution is -2.19. The second kappa shape index (κ2) is 5.88. The van der Waals surface area contributed by atoms with E-state index in [4.69, 9.17) is 11.6 Å². The minimum Gasteiger partial charge on any atom is -0.309 e. The highest BCUT2D eigenvalue weighted by molar-refractivity contribution is 6.30. The first kappa shape index (κ1) is 14.1. The van der Waals surface area contributed by atoms with Gasteiger partial charge in [-0.25, -0.2) is 0 Å². The summed E-state index contributed by atoms with van der Waals surface area (Å²) in [6.45, 7) is 2.16. The fraction of sp³-hybridized carbons (Fsp3) is 0.158. The predicted octanol–water partition coefficient (Wildman–Crippen LogP) is 5.11. The van der Waals surface area contributed by atoms with E-state index < -0.39 is 0 Å². The van der Waals surface area contributed by atoms with Crippen LogP contribution in [0.2, 0.25) is 5.02 Å². The molecular formula is C19H18ClN. The van der Waals surface area contributed by atoms with E-state index in [1.807, 2.05) is 25.2 Å². The maximum absolute atomic E-state index is 6.16. The molecule has 1 unspecified atom stereocenters. The van der Waals surface area contributed by atoms with Gasteiger partial charge < -0.3 is 5.32 Å². The average molecular weight is 296 g/mol. The van der Waals surface area contributed by atoms with Crippen LogP contribution in [0, 0.1) is 6.92 Å². The molecule has 0 saturated heterocycles. The number of rotatable bonds is 3. The summed E-state index contributed by atoms with van der Waals surface area (Å²) in [7, 11) is 1.99. The Labute approximate surface area is 130 Å². The van der Waals surface area contributed by atoms with Crippen LogP contribution in [0.15, 0.2) is 60.7 Å². The normalized spacial score (nSPS) is 12.5. The van der Waals surface area contributed by atoms with Crippen molar-refractivity contribution < 1.29 is 0 Å². The van der Waals surface area contributed by atoms with E-state index in [0.29, 0.717) is 0 Å². The molecule has 0 spiro atoms. The van der Waals surface area contributed by atoms with Crippen molar-refractivity contribution in [2.75, 3.05) is 7.05 Å². The number of hydrogen-bond donors (Lipinski definition) is 1. The first-order valence-corrected chi connectivity index (χ1v) is 7.49. The van der Waals surface area contributed by atoms with Crippen molar-refractivity contribution in [3.8, 4) is 0 Å². The lowest BCUT2D eigenvalue weighted by atomic mass is 9.90. The Balaban J connectivity index is 2.24. The molecule has 0 aliphatic carbocycles. The van der Waals surface area contributed by atoms with Crippen molar-refractivity contribution >= 4 is 22.4 Å². The highest BCUT2D eigenvalue weighted by Crippen LogP contribution is 2.32. The lowest BCUT2D eigenvalue weighted by Gasteiger charge is -2.22. The second-order valence-electron chi connectivity index (χ2n) is 5.29. The maximum atomic E-state index is 6.16. The molecule has 1 N–H and O–H groups in total. The van der Waals surface area contributed by atoms with E-state index in [-0.39, 0.29) is 6.04 Å². The molecule has 3 rings (SSSR count). The van der Waals surface area contributed by atoms with Gasteiger partial charge in [0.2, 0.25) is 0 Å². The van der Waals surface area contributed by atoms with Crippen molar-refractivity contribution in [2.45, 2.75) is 13.0 Å². The molecule has 0 fully saturated rings. The van der Waals surface area contributed by atoms with Crippen LogP contribution in [0.25, 0.3) is 10.8 Å². The maximum Gasteiger partial charge on any atom is 0.0583 e. The number of nitrogens with one attached hydrogen (secondary N) is 1. The van der Waals surface area contributed by atoms with Crippen molar-refractivity contribution in [3.05, 3.63) is 82.4 Å². The predicted molar refractivity (Wildman–Crippen MR) is 91.0 cm³/mol. The smallest absolute Gasteiger partial charge is 0.0583 e. The molecule has 0 bridgehead atoms. The zero-order valence-corrected chi connectivity index (χ0v) is 13.0. The largest absolute Gasteiger partial charge is 0.309 e. The van der Waals surface area contributed by atoms with Crippen molar-refractivity contribution in [3.63, 3.8) is 0 Å². The Morgan fingerprint density at radius 2 is 1.76 bits per heavy atom. The molecule has 0 radical (unpaired) electrons. The lowest BCUT2D eigenvalue weighted by molar-refractivity contribution is 0.693. The Morgan fingerprint density at radius 1 is 0.952 bits per heavy atom. The van der Waals surface area contributed by atoms with E-state index in [1.54, 1.807) is 0 Å². The second-order valence-corrected chi connectivity index (χ2v) is 5.73. The van der Waals surface area contributed by atoms with E-state index in [2.05, 4.69) is 54.7 Å². The zero-order chi connectivity index (χ0) is 14.8. The summed E-state index contributed by atoms with van der Waals surface area (Å²) in [5.41, 5.74) is 3.79. The van der Waals surface area contributed by atoms with Crippen LogP contribution < -0.4 is 5.32 Å². The van der Waals surface area contributed by atoms with Crippen LogP contribution in [0.3, 0.4) is 0 Å². The van der Waals surface area contributed by atoms with Crippen molar-refractivity contribution in [1.29, 1.82) is 0 Å². The summed E-state index contributed by atoms with van der Waals surface area (Å²) in [5, 5.41) is 6.76. The summed E-state index contributed by atoms with van der Waals surface area (Å²) in [5.74, 6) is 0. The van der Waals surface area contributed by atoms with Gasteiger partial charge in [0.05, 0.1) is 6.04 Å². The number of benzene rings is 3. The van der Waals surface area contributed by atoms with Gasteiger partial charge in [0.15, 0.2) is 0 Å². The van der Waals surface area contributed by atoms with Crippen LogP contribution in [0.5, 0.6) is 0 Å². The van der Waals surface area contributed by atoms with E-state index in [9.17, 15) is 0 Å². The van der Waals surface area contributed by atoms with Crippen LogP contribution in [0.4, 0.5) is 0 Å². The monoisotopic (exact) mass is 295 g/mol. The summed E-state index contributed by atoms with van der Waals surface area (Å²) >= 11 is 6.16. The van der Waals surface area contributed by atoms with Gasteiger partial charge in [0.1, 0.15) is 0 Å².